The van der Waals surface area contributed by atoms with Crippen molar-refractivity contribution in [2.24, 2.45) is 0 Å². The van der Waals surface area contributed by atoms with Crippen LogP contribution in [0.5, 0.6) is 0 Å². The molecule has 0 spiro atoms. The zero-order chi connectivity index (χ0) is 11.1. The van der Waals surface area contributed by atoms with Crippen molar-refractivity contribution in [2.45, 2.75) is 13.8 Å². The first-order valence-corrected chi connectivity index (χ1v) is 6.12. The van der Waals surface area contributed by atoms with Gasteiger partial charge in [0, 0.05) is 16.6 Å². The summed E-state index contributed by atoms with van der Waals surface area (Å²) in [6, 6.07) is 8.50. The molecule has 3 aromatic rings. The summed E-state index contributed by atoms with van der Waals surface area (Å²) in [5.41, 5.74) is 3.69. The number of aromatic nitrogens is 2. The smallest absolute Gasteiger partial charge is 0.145 e. The zero-order valence-electron chi connectivity index (χ0n) is 9.27. The van der Waals surface area contributed by atoms with Gasteiger partial charge in [-0.3, -0.25) is 4.40 Å². The van der Waals surface area contributed by atoms with E-state index in [0.29, 0.717) is 0 Å². The van der Waals surface area contributed by atoms with Crippen molar-refractivity contribution >= 4 is 16.2 Å². The maximum absolute atomic E-state index is 4.49. The van der Waals surface area contributed by atoms with Crippen molar-refractivity contribution in [2.75, 3.05) is 0 Å². The quantitative estimate of drug-likeness (QED) is 0.621. The summed E-state index contributed by atoms with van der Waals surface area (Å²) < 4.78 is 2.20. The SMILES string of the molecule is Cc1ccc(-c2ncc3scc(C)n23)cc1. The Balaban J connectivity index is 2.25. The van der Waals surface area contributed by atoms with Crippen LogP contribution in [0.3, 0.4) is 0 Å². The Morgan fingerprint density at radius 3 is 2.62 bits per heavy atom. The molecule has 0 unspecified atom stereocenters. The summed E-state index contributed by atoms with van der Waals surface area (Å²) in [7, 11) is 0. The number of thiazole rings is 1. The molecule has 0 amide bonds. The molecule has 0 aliphatic carbocycles. The highest BCUT2D eigenvalue weighted by molar-refractivity contribution is 7.15. The average molecular weight is 228 g/mol. The lowest BCUT2D eigenvalue weighted by Crippen LogP contribution is -1.89. The number of hydrogen-bond donors (Lipinski definition) is 0. The lowest BCUT2D eigenvalue weighted by Gasteiger charge is -2.01. The molecule has 80 valence electrons. The third-order valence-corrected chi connectivity index (χ3v) is 3.73. The normalized spacial score (nSPS) is 11.1. The van der Waals surface area contributed by atoms with Gasteiger partial charge in [-0.15, -0.1) is 11.3 Å². The van der Waals surface area contributed by atoms with Crippen molar-refractivity contribution in [3.8, 4) is 11.4 Å². The van der Waals surface area contributed by atoms with Crippen LogP contribution in [0.15, 0.2) is 35.8 Å². The van der Waals surface area contributed by atoms with Gasteiger partial charge in [0.25, 0.3) is 0 Å². The van der Waals surface area contributed by atoms with E-state index in [1.807, 2.05) is 6.20 Å². The van der Waals surface area contributed by atoms with Crippen LogP contribution < -0.4 is 0 Å². The van der Waals surface area contributed by atoms with E-state index in [-0.39, 0.29) is 0 Å². The highest BCUT2D eigenvalue weighted by Gasteiger charge is 2.08. The minimum atomic E-state index is 1.04. The second kappa shape index (κ2) is 3.46. The molecule has 0 N–H and O–H groups in total. The fraction of sp³-hybridized carbons (Fsp3) is 0.154. The third-order valence-electron chi connectivity index (χ3n) is 2.74. The Labute approximate surface area is 98.2 Å². The van der Waals surface area contributed by atoms with Gasteiger partial charge in [0.15, 0.2) is 0 Å². The van der Waals surface area contributed by atoms with E-state index in [0.717, 1.165) is 5.82 Å². The molecule has 3 heteroatoms. The number of aryl methyl sites for hydroxylation is 2. The van der Waals surface area contributed by atoms with E-state index in [9.17, 15) is 0 Å². The fourth-order valence-electron chi connectivity index (χ4n) is 1.86. The van der Waals surface area contributed by atoms with Crippen LogP contribution in [-0.2, 0) is 0 Å². The number of hydrogen-bond acceptors (Lipinski definition) is 2. The fourth-order valence-corrected chi connectivity index (χ4v) is 2.71. The molecule has 1 aromatic carbocycles. The third kappa shape index (κ3) is 1.36. The topological polar surface area (TPSA) is 17.3 Å². The Hall–Kier alpha value is -1.61. The van der Waals surface area contributed by atoms with Crippen LogP contribution in [0, 0.1) is 13.8 Å². The molecular formula is C13H12N2S. The maximum Gasteiger partial charge on any atom is 0.145 e. The standard InChI is InChI=1S/C13H12N2S/c1-9-3-5-11(6-4-9)13-14-7-12-15(13)10(2)8-16-12/h3-8H,1-2H3. The van der Waals surface area contributed by atoms with Gasteiger partial charge in [-0.1, -0.05) is 29.8 Å². The highest BCUT2D eigenvalue weighted by Crippen LogP contribution is 2.25. The molecule has 0 bridgehead atoms. The molecule has 0 fully saturated rings. The van der Waals surface area contributed by atoms with Gasteiger partial charge in [-0.05, 0) is 13.8 Å². The lowest BCUT2D eigenvalue weighted by molar-refractivity contribution is 1.11. The second-order valence-electron chi connectivity index (χ2n) is 4.00. The largest absolute Gasteiger partial charge is 0.288 e. The second-order valence-corrected chi connectivity index (χ2v) is 4.89. The first-order chi connectivity index (χ1) is 7.75. The van der Waals surface area contributed by atoms with Crippen molar-refractivity contribution in [3.05, 3.63) is 47.1 Å². The van der Waals surface area contributed by atoms with Crippen molar-refractivity contribution in [1.82, 2.24) is 9.38 Å². The number of nitrogens with zero attached hydrogens (tertiary/aromatic N) is 2. The summed E-state index contributed by atoms with van der Waals surface area (Å²) in [4.78, 5) is 5.69. The number of imidazole rings is 1. The highest BCUT2D eigenvalue weighted by atomic mass is 32.1. The summed E-state index contributed by atoms with van der Waals surface area (Å²) >= 11 is 1.73. The minimum Gasteiger partial charge on any atom is -0.288 e. The van der Waals surface area contributed by atoms with Crippen molar-refractivity contribution in [3.63, 3.8) is 0 Å². The predicted molar refractivity (Wildman–Crippen MR) is 68.0 cm³/mol. The first-order valence-electron chi connectivity index (χ1n) is 5.24. The monoisotopic (exact) mass is 228 g/mol. The average Bonchev–Trinajstić information content (AvgIpc) is 2.84. The lowest BCUT2D eigenvalue weighted by atomic mass is 10.1. The van der Waals surface area contributed by atoms with Gasteiger partial charge in [0.1, 0.15) is 10.7 Å². The molecule has 2 heterocycles. The minimum absolute atomic E-state index is 1.04. The zero-order valence-corrected chi connectivity index (χ0v) is 10.1. The molecule has 0 aliphatic heterocycles. The van der Waals surface area contributed by atoms with E-state index in [2.05, 4.69) is 52.9 Å². The van der Waals surface area contributed by atoms with Gasteiger partial charge in [-0.25, -0.2) is 4.98 Å². The number of rotatable bonds is 1. The molecule has 0 saturated carbocycles. The molecule has 0 atom stereocenters. The molecule has 0 saturated heterocycles. The Morgan fingerprint density at radius 1 is 1.12 bits per heavy atom. The Kier molecular flexibility index (Phi) is 2.07. The van der Waals surface area contributed by atoms with Crippen LogP contribution >= 0.6 is 11.3 Å². The van der Waals surface area contributed by atoms with E-state index < -0.39 is 0 Å². The first kappa shape index (κ1) is 9.60. The number of fused-ring (bicyclic) bond motifs is 1. The van der Waals surface area contributed by atoms with Gasteiger partial charge in [-0.2, -0.15) is 0 Å². The van der Waals surface area contributed by atoms with E-state index in [1.165, 1.54) is 21.7 Å². The van der Waals surface area contributed by atoms with Crippen LogP contribution in [0.25, 0.3) is 16.2 Å². The molecule has 16 heavy (non-hydrogen) atoms. The van der Waals surface area contributed by atoms with Gasteiger partial charge in [0.05, 0.1) is 6.20 Å². The van der Waals surface area contributed by atoms with Gasteiger partial charge >= 0.3 is 0 Å². The molecule has 0 radical (unpaired) electrons. The summed E-state index contributed by atoms with van der Waals surface area (Å²) in [5, 5.41) is 2.16. The molecule has 3 rings (SSSR count). The summed E-state index contributed by atoms with van der Waals surface area (Å²) in [6.45, 7) is 4.21. The Morgan fingerprint density at radius 2 is 1.88 bits per heavy atom. The van der Waals surface area contributed by atoms with Crippen LogP contribution in [0.2, 0.25) is 0 Å². The van der Waals surface area contributed by atoms with Gasteiger partial charge < -0.3 is 0 Å². The molecule has 0 aliphatic rings. The molecule has 2 aromatic heterocycles. The van der Waals surface area contributed by atoms with Crippen LogP contribution in [-0.4, -0.2) is 9.38 Å². The van der Waals surface area contributed by atoms with Crippen LogP contribution in [0.1, 0.15) is 11.3 Å². The van der Waals surface area contributed by atoms with E-state index in [4.69, 9.17) is 0 Å². The van der Waals surface area contributed by atoms with Gasteiger partial charge in [0.2, 0.25) is 0 Å². The molecule has 2 nitrogen and oxygen atoms in total. The summed E-state index contributed by atoms with van der Waals surface area (Å²) in [6.07, 6.45) is 1.94. The van der Waals surface area contributed by atoms with Crippen molar-refractivity contribution in [1.29, 1.82) is 0 Å². The Bertz CT molecular complexity index is 632. The van der Waals surface area contributed by atoms with E-state index >= 15 is 0 Å². The molecular weight excluding hydrogens is 216 g/mol. The van der Waals surface area contributed by atoms with Crippen LogP contribution in [0.4, 0.5) is 0 Å². The number of benzene rings is 1. The maximum atomic E-state index is 4.49. The van der Waals surface area contributed by atoms with Crippen molar-refractivity contribution < 1.29 is 0 Å². The van der Waals surface area contributed by atoms with E-state index in [1.54, 1.807) is 11.3 Å². The predicted octanol–water partition coefficient (Wildman–Crippen LogP) is 3.68. The summed E-state index contributed by atoms with van der Waals surface area (Å²) in [5.74, 6) is 1.04.